The number of amides is 2. The molecule has 0 saturated carbocycles. The van der Waals surface area contributed by atoms with Gasteiger partial charge in [0.25, 0.3) is 0 Å². The highest BCUT2D eigenvalue weighted by Crippen LogP contribution is 2.31. The van der Waals surface area contributed by atoms with Crippen LogP contribution in [0.1, 0.15) is 23.1 Å². The van der Waals surface area contributed by atoms with Crippen LogP contribution in [0.5, 0.6) is 0 Å². The average molecular weight is 478 g/mol. The Morgan fingerprint density at radius 2 is 1.82 bits per heavy atom. The Morgan fingerprint density at radius 1 is 1.09 bits per heavy atom. The van der Waals surface area contributed by atoms with Crippen LogP contribution in [0.25, 0.3) is 0 Å². The van der Waals surface area contributed by atoms with Crippen molar-refractivity contribution < 1.29 is 9.59 Å². The Morgan fingerprint density at radius 3 is 2.52 bits per heavy atom. The normalized spacial score (nSPS) is 17.3. The number of rotatable bonds is 5. The van der Waals surface area contributed by atoms with Crippen LogP contribution in [0.3, 0.4) is 0 Å². The van der Waals surface area contributed by atoms with Gasteiger partial charge in [-0.2, -0.15) is 0 Å². The van der Waals surface area contributed by atoms with Crippen molar-refractivity contribution in [2.45, 2.75) is 32.1 Å². The van der Waals surface area contributed by atoms with Gasteiger partial charge >= 0.3 is 0 Å². The van der Waals surface area contributed by atoms with Crippen molar-refractivity contribution in [2.75, 3.05) is 5.32 Å². The Hall–Kier alpha value is -3.09. The minimum absolute atomic E-state index is 0.100. The molecule has 4 rings (SSSR count). The quantitative estimate of drug-likeness (QED) is 0.481. The summed E-state index contributed by atoms with van der Waals surface area (Å²) < 4.78 is 0. The van der Waals surface area contributed by atoms with Gasteiger partial charge < -0.3 is 5.32 Å². The number of nitrogens with zero attached hydrogens (tertiary/aromatic N) is 2. The Labute approximate surface area is 202 Å². The van der Waals surface area contributed by atoms with E-state index in [0.717, 1.165) is 28.1 Å². The lowest BCUT2D eigenvalue weighted by molar-refractivity contribution is -0.129. The van der Waals surface area contributed by atoms with E-state index in [4.69, 9.17) is 16.6 Å². The number of carbonyl (C=O) groups is 2. The number of benzene rings is 3. The zero-order valence-electron chi connectivity index (χ0n) is 18.4. The molecule has 1 heterocycles. The van der Waals surface area contributed by atoms with Crippen molar-refractivity contribution in [3.8, 4) is 0 Å². The van der Waals surface area contributed by atoms with E-state index in [9.17, 15) is 9.59 Å². The highest BCUT2D eigenvalue weighted by atomic mass is 35.5. The summed E-state index contributed by atoms with van der Waals surface area (Å²) in [4.78, 5) is 32.6. The molecule has 1 atom stereocenters. The third-order valence-corrected chi connectivity index (χ3v) is 6.75. The summed E-state index contributed by atoms with van der Waals surface area (Å²) >= 11 is 7.32. The van der Waals surface area contributed by atoms with E-state index in [1.165, 1.54) is 11.8 Å². The number of hydrogen-bond acceptors (Lipinski definition) is 4. The van der Waals surface area contributed by atoms with Gasteiger partial charge in [0.15, 0.2) is 5.17 Å². The van der Waals surface area contributed by atoms with Crippen molar-refractivity contribution in [2.24, 2.45) is 4.99 Å². The van der Waals surface area contributed by atoms with Crippen LogP contribution < -0.4 is 5.32 Å². The topological polar surface area (TPSA) is 61.8 Å². The monoisotopic (exact) mass is 477 g/mol. The van der Waals surface area contributed by atoms with Crippen molar-refractivity contribution in [1.82, 2.24) is 4.90 Å². The van der Waals surface area contributed by atoms with E-state index in [1.54, 1.807) is 17.0 Å². The molecule has 1 fully saturated rings. The number of nitrogens with one attached hydrogen (secondary N) is 1. The molecular weight excluding hydrogens is 454 g/mol. The van der Waals surface area contributed by atoms with Crippen LogP contribution >= 0.6 is 23.4 Å². The second-order valence-electron chi connectivity index (χ2n) is 7.95. The van der Waals surface area contributed by atoms with Gasteiger partial charge in [-0.1, -0.05) is 71.4 Å². The zero-order valence-corrected chi connectivity index (χ0v) is 20.0. The van der Waals surface area contributed by atoms with Crippen molar-refractivity contribution in [3.05, 3.63) is 94.5 Å². The number of aryl methyl sites for hydroxylation is 2. The first kappa shape index (κ1) is 23.1. The fourth-order valence-electron chi connectivity index (χ4n) is 3.55. The molecule has 0 aliphatic carbocycles. The molecule has 2 amide bonds. The van der Waals surface area contributed by atoms with Gasteiger partial charge in [-0.15, -0.1) is 0 Å². The van der Waals surface area contributed by atoms with Crippen LogP contribution in [0.4, 0.5) is 11.4 Å². The van der Waals surface area contributed by atoms with Gasteiger partial charge in [0.1, 0.15) is 5.25 Å². The molecule has 1 aliphatic rings. The third kappa shape index (κ3) is 5.83. The van der Waals surface area contributed by atoms with Crippen LogP contribution in [0.2, 0.25) is 5.02 Å². The molecule has 33 heavy (non-hydrogen) atoms. The lowest BCUT2D eigenvalue weighted by atomic mass is 10.1. The summed E-state index contributed by atoms with van der Waals surface area (Å²) in [6, 6.07) is 22.7. The lowest BCUT2D eigenvalue weighted by Crippen LogP contribution is -2.44. The maximum absolute atomic E-state index is 13.2. The van der Waals surface area contributed by atoms with E-state index >= 15 is 0 Å². The molecule has 5 nitrogen and oxygen atoms in total. The molecule has 1 unspecified atom stereocenters. The number of aliphatic imine (C=N–C) groups is 1. The van der Waals surface area contributed by atoms with Crippen molar-refractivity contribution >= 4 is 51.7 Å². The molecule has 1 N–H and O–H groups in total. The highest BCUT2D eigenvalue weighted by molar-refractivity contribution is 8.15. The predicted octanol–water partition coefficient (Wildman–Crippen LogP) is 6.12. The fourth-order valence-corrected chi connectivity index (χ4v) is 4.77. The summed E-state index contributed by atoms with van der Waals surface area (Å²) in [5, 5.41) is 3.56. The standard InChI is InChI=1S/C26H24ClN3O2S/c1-17-8-13-22(18(2)14-17)29-25(32)23-15-24(31)30(16-19-9-11-20(27)12-10-19)26(33-23)28-21-6-4-3-5-7-21/h3-14,23H,15-16H2,1-2H3,(H,29,32). The van der Waals surface area contributed by atoms with Gasteiger partial charge in [-0.05, 0) is 55.3 Å². The minimum atomic E-state index is -0.567. The molecule has 0 aromatic heterocycles. The number of halogens is 1. The van der Waals surface area contributed by atoms with E-state index in [2.05, 4.69) is 5.32 Å². The Balaban J connectivity index is 1.59. The van der Waals surface area contributed by atoms with Gasteiger partial charge in [0, 0.05) is 17.1 Å². The van der Waals surface area contributed by atoms with Crippen molar-refractivity contribution in [1.29, 1.82) is 0 Å². The van der Waals surface area contributed by atoms with E-state index in [0.29, 0.717) is 16.7 Å². The molecule has 0 bridgehead atoms. The van der Waals surface area contributed by atoms with Gasteiger partial charge in [0.05, 0.1) is 12.2 Å². The summed E-state index contributed by atoms with van der Waals surface area (Å²) in [5.74, 6) is -0.341. The second kappa shape index (κ2) is 10.2. The maximum Gasteiger partial charge on any atom is 0.238 e. The summed E-state index contributed by atoms with van der Waals surface area (Å²) in [5.41, 5.74) is 4.53. The average Bonchev–Trinajstić information content (AvgIpc) is 2.79. The Kier molecular flexibility index (Phi) is 7.16. The zero-order chi connectivity index (χ0) is 23.4. The third-order valence-electron chi connectivity index (χ3n) is 5.31. The summed E-state index contributed by atoms with van der Waals surface area (Å²) in [7, 11) is 0. The van der Waals surface area contributed by atoms with Crippen LogP contribution in [-0.4, -0.2) is 27.1 Å². The number of anilines is 1. The van der Waals surface area contributed by atoms with Gasteiger partial charge in [0.2, 0.25) is 11.8 Å². The van der Waals surface area contributed by atoms with E-state index in [-0.39, 0.29) is 18.2 Å². The molecule has 0 spiro atoms. The smallest absolute Gasteiger partial charge is 0.238 e. The van der Waals surface area contributed by atoms with Crippen LogP contribution in [0, 0.1) is 13.8 Å². The fraction of sp³-hybridized carbons (Fsp3) is 0.192. The number of carbonyl (C=O) groups excluding carboxylic acids is 2. The first-order valence-electron chi connectivity index (χ1n) is 10.6. The molecule has 168 valence electrons. The number of amidine groups is 1. The van der Waals surface area contributed by atoms with Crippen LogP contribution in [0.15, 0.2) is 77.8 Å². The Bertz CT molecular complexity index is 1200. The highest BCUT2D eigenvalue weighted by Gasteiger charge is 2.36. The molecule has 7 heteroatoms. The van der Waals surface area contributed by atoms with Crippen molar-refractivity contribution in [3.63, 3.8) is 0 Å². The SMILES string of the molecule is Cc1ccc(NC(=O)C2CC(=O)N(Cc3ccc(Cl)cc3)C(=Nc3ccccc3)S2)c(C)c1. The van der Waals surface area contributed by atoms with Gasteiger partial charge in [-0.25, -0.2) is 4.99 Å². The molecule has 3 aromatic carbocycles. The number of hydrogen-bond donors (Lipinski definition) is 1. The first-order chi connectivity index (χ1) is 15.9. The minimum Gasteiger partial charge on any atom is -0.325 e. The second-order valence-corrected chi connectivity index (χ2v) is 9.56. The lowest BCUT2D eigenvalue weighted by Gasteiger charge is -2.32. The van der Waals surface area contributed by atoms with E-state index < -0.39 is 5.25 Å². The summed E-state index contributed by atoms with van der Waals surface area (Å²) in [6.07, 6.45) is 0.100. The predicted molar refractivity (Wildman–Crippen MR) is 136 cm³/mol. The van der Waals surface area contributed by atoms with Crippen LogP contribution in [-0.2, 0) is 16.1 Å². The largest absolute Gasteiger partial charge is 0.325 e. The first-order valence-corrected chi connectivity index (χ1v) is 11.9. The number of thioether (sulfide) groups is 1. The molecular formula is C26H24ClN3O2S. The molecule has 1 saturated heterocycles. The number of para-hydroxylation sites is 1. The molecule has 0 radical (unpaired) electrons. The molecule has 3 aromatic rings. The van der Waals surface area contributed by atoms with Gasteiger partial charge in [-0.3, -0.25) is 14.5 Å². The maximum atomic E-state index is 13.2. The molecule has 1 aliphatic heterocycles. The van der Waals surface area contributed by atoms with E-state index in [1.807, 2.05) is 74.5 Å². The summed E-state index contributed by atoms with van der Waals surface area (Å²) in [6.45, 7) is 4.33.